The van der Waals surface area contributed by atoms with Gasteiger partial charge in [0.25, 0.3) is 0 Å². The molecule has 0 spiro atoms. The summed E-state index contributed by atoms with van der Waals surface area (Å²) >= 11 is 0. The number of nitrogens with one attached hydrogen (secondary N) is 1. The molecule has 1 aromatic heterocycles. The number of hydrogen-bond acceptors (Lipinski definition) is 5. The van der Waals surface area contributed by atoms with Gasteiger partial charge in [0.1, 0.15) is 0 Å². The maximum Gasteiger partial charge on any atom is 0.229 e. The Kier molecular flexibility index (Phi) is 5.65. The van der Waals surface area contributed by atoms with E-state index in [1.54, 1.807) is 4.90 Å². The van der Waals surface area contributed by atoms with Gasteiger partial charge in [0.2, 0.25) is 17.7 Å². The summed E-state index contributed by atoms with van der Waals surface area (Å²) in [5.74, 6) is 1.43. The van der Waals surface area contributed by atoms with Gasteiger partial charge >= 0.3 is 0 Å². The van der Waals surface area contributed by atoms with Crippen molar-refractivity contribution in [3.05, 3.63) is 41.5 Å². The van der Waals surface area contributed by atoms with Crippen LogP contribution in [0.4, 0.5) is 5.69 Å². The number of amides is 2. The van der Waals surface area contributed by atoms with Crippen molar-refractivity contribution in [2.45, 2.75) is 64.3 Å². The SMILES string of the molecule is CC(C)c1ccc(N2C[C@@H](C(=O)NCc3noc(C4CCCC4)n3)CC2=O)cc1. The van der Waals surface area contributed by atoms with Crippen LogP contribution in [-0.2, 0) is 16.1 Å². The summed E-state index contributed by atoms with van der Waals surface area (Å²) in [6.07, 6.45) is 4.80. The molecule has 2 amide bonds. The zero-order valence-electron chi connectivity index (χ0n) is 17.1. The van der Waals surface area contributed by atoms with Crippen LogP contribution in [0.5, 0.6) is 0 Å². The lowest BCUT2D eigenvalue weighted by atomic mass is 10.0. The number of hydrogen-bond donors (Lipinski definition) is 1. The minimum absolute atomic E-state index is 0.0227. The molecule has 1 atom stereocenters. The van der Waals surface area contributed by atoms with Gasteiger partial charge < -0.3 is 14.7 Å². The van der Waals surface area contributed by atoms with Gasteiger partial charge in [-0.15, -0.1) is 0 Å². The molecule has 7 heteroatoms. The van der Waals surface area contributed by atoms with Crippen LogP contribution in [0.1, 0.15) is 75.1 Å². The van der Waals surface area contributed by atoms with Gasteiger partial charge in [-0.05, 0) is 36.5 Å². The fourth-order valence-electron chi connectivity index (χ4n) is 4.16. The first kappa shape index (κ1) is 19.6. The summed E-state index contributed by atoms with van der Waals surface area (Å²) in [7, 11) is 0. The molecule has 29 heavy (non-hydrogen) atoms. The molecule has 7 nitrogen and oxygen atoms in total. The molecule has 2 fully saturated rings. The highest BCUT2D eigenvalue weighted by atomic mass is 16.5. The number of rotatable bonds is 6. The van der Waals surface area contributed by atoms with Crippen LogP contribution >= 0.6 is 0 Å². The number of aromatic nitrogens is 2. The van der Waals surface area contributed by atoms with E-state index < -0.39 is 0 Å². The van der Waals surface area contributed by atoms with Crippen molar-refractivity contribution in [3.8, 4) is 0 Å². The molecule has 2 aliphatic rings. The second-order valence-electron chi connectivity index (χ2n) is 8.40. The summed E-state index contributed by atoms with van der Waals surface area (Å²) < 4.78 is 5.35. The van der Waals surface area contributed by atoms with Crippen LogP contribution in [0.15, 0.2) is 28.8 Å². The second kappa shape index (κ2) is 8.35. The van der Waals surface area contributed by atoms with Crippen LogP contribution in [0.2, 0.25) is 0 Å². The monoisotopic (exact) mass is 396 g/mol. The molecule has 1 aliphatic heterocycles. The predicted octanol–water partition coefficient (Wildman–Crippen LogP) is 3.52. The summed E-state index contributed by atoms with van der Waals surface area (Å²) in [4.78, 5) is 31.1. The predicted molar refractivity (Wildman–Crippen MR) is 108 cm³/mol. The lowest BCUT2D eigenvalue weighted by Gasteiger charge is -2.17. The smallest absolute Gasteiger partial charge is 0.229 e. The zero-order valence-corrected chi connectivity index (χ0v) is 17.1. The molecule has 1 saturated carbocycles. The Hall–Kier alpha value is -2.70. The van der Waals surface area contributed by atoms with Crippen LogP contribution < -0.4 is 10.2 Å². The van der Waals surface area contributed by atoms with Crippen molar-refractivity contribution < 1.29 is 14.1 Å². The van der Waals surface area contributed by atoms with E-state index in [0.717, 1.165) is 18.5 Å². The van der Waals surface area contributed by atoms with E-state index in [0.29, 0.717) is 30.1 Å². The van der Waals surface area contributed by atoms with E-state index >= 15 is 0 Å². The Morgan fingerprint density at radius 3 is 2.66 bits per heavy atom. The molecule has 0 bridgehead atoms. The van der Waals surface area contributed by atoms with Gasteiger partial charge in [-0.2, -0.15) is 4.98 Å². The third kappa shape index (κ3) is 4.33. The average Bonchev–Trinajstić information content (AvgIpc) is 3.46. The normalized spacial score (nSPS) is 20.0. The lowest BCUT2D eigenvalue weighted by Crippen LogP contribution is -2.32. The summed E-state index contributed by atoms with van der Waals surface area (Å²) in [6, 6.07) is 7.99. The Bertz CT molecular complexity index is 868. The van der Waals surface area contributed by atoms with Crippen LogP contribution in [-0.4, -0.2) is 28.5 Å². The number of carbonyl (C=O) groups excluding carboxylic acids is 2. The van der Waals surface area contributed by atoms with Crippen molar-refractivity contribution in [2.75, 3.05) is 11.4 Å². The molecule has 0 unspecified atom stereocenters. The van der Waals surface area contributed by atoms with Gasteiger partial charge in [0.05, 0.1) is 12.5 Å². The largest absolute Gasteiger partial charge is 0.348 e. The van der Waals surface area contributed by atoms with Crippen LogP contribution in [0.3, 0.4) is 0 Å². The van der Waals surface area contributed by atoms with Crippen molar-refractivity contribution >= 4 is 17.5 Å². The minimum Gasteiger partial charge on any atom is -0.348 e. The van der Waals surface area contributed by atoms with Crippen molar-refractivity contribution in [3.63, 3.8) is 0 Å². The van der Waals surface area contributed by atoms with Gasteiger partial charge in [-0.25, -0.2) is 0 Å². The highest BCUT2D eigenvalue weighted by Gasteiger charge is 2.35. The first-order valence-electron chi connectivity index (χ1n) is 10.5. The zero-order chi connectivity index (χ0) is 20.4. The molecular weight excluding hydrogens is 368 g/mol. The Morgan fingerprint density at radius 2 is 1.97 bits per heavy atom. The van der Waals surface area contributed by atoms with E-state index in [4.69, 9.17) is 4.52 Å². The maximum absolute atomic E-state index is 12.6. The molecule has 1 N–H and O–H groups in total. The molecule has 2 heterocycles. The third-order valence-electron chi connectivity index (χ3n) is 5.98. The molecule has 1 saturated heterocycles. The number of benzene rings is 1. The van der Waals surface area contributed by atoms with Crippen LogP contribution in [0, 0.1) is 5.92 Å². The Morgan fingerprint density at radius 1 is 1.24 bits per heavy atom. The second-order valence-corrected chi connectivity index (χ2v) is 8.40. The molecule has 1 aromatic carbocycles. The fourth-order valence-corrected chi connectivity index (χ4v) is 4.16. The van der Waals surface area contributed by atoms with E-state index in [9.17, 15) is 9.59 Å². The van der Waals surface area contributed by atoms with Gasteiger partial charge in [-0.3, -0.25) is 9.59 Å². The Labute approximate surface area is 170 Å². The number of nitrogens with zero attached hydrogens (tertiary/aromatic N) is 3. The highest BCUT2D eigenvalue weighted by molar-refractivity contribution is 6.00. The summed E-state index contributed by atoms with van der Waals surface area (Å²) in [5, 5.41) is 6.84. The summed E-state index contributed by atoms with van der Waals surface area (Å²) in [6.45, 7) is 4.89. The summed E-state index contributed by atoms with van der Waals surface area (Å²) in [5.41, 5.74) is 2.07. The molecule has 2 aromatic rings. The van der Waals surface area contributed by atoms with E-state index in [1.807, 2.05) is 24.3 Å². The van der Waals surface area contributed by atoms with E-state index in [2.05, 4.69) is 29.3 Å². The molecule has 154 valence electrons. The first-order chi connectivity index (χ1) is 14.0. The molecule has 1 aliphatic carbocycles. The number of anilines is 1. The highest BCUT2D eigenvalue weighted by Crippen LogP contribution is 2.33. The maximum atomic E-state index is 12.6. The molecular formula is C22H28N4O3. The van der Waals surface area contributed by atoms with Gasteiger partial charge in [-0.1, -0.05) is 44.0 Å². The van der Waals surface area contributed by atoms with Crippen molar-refractivity contribution in [2.24, 2.45) is 5.92 Å². The van der Waals surface area contributed by atoms with Gasteiger partial charge in [0.15, 0.2) is 5.82 Å². The Balaban J connectivity index is 1.32. The number of carbonyl (C=O) groups is 2. The van der Waals surface area contributed by atoms with E-state index in [-0.39, 0.29) is 30.7 Å². The quantitative estimate of drug-likeness (QED) is 0.807. The molecule has 4 rings (SSSR count). The minimum atomic E-state index is -0.367. The first-order valence-corrected chi connectivity index (χ1v) is 10.5. The molecule has 0 radical (unpaired) electrons. The van der Waals surface area contributed by atoms with Crippen molar-refractivity contribution in [1.29, 1.82) is 0 Å². The average molecular weight is 396 g/mol. The fraction of sp³-hybridized carbons (Fsp3) is 0.545. The van der Waals surface area contributed by atoms with Crippen LogP contribution in [0.25, 0.3) is 0 Å². The van der Waals surface area contributed by atoms with Gasteiger partial charge in [0, 0.05) is 24.6 Å². The standard InChI is InChI=1S/C22H28N4O3/c1-14(2)15-7-9-18(10-8-15)26-13-17(11-20(26)27)21(28)23-12-19-24-22(29-25-19)16-5-3-4-6-16/h7-10,14,16-17H,3-6,11-13H2,1-2H3,(H,23,28)/t17-/m0/s1. The topological polar surface area (TPSA) is 88.3 Å². The lowest BCUT2D eigenvalue weighted by molar-refractivity contribution is -0.126. The third-order valence-corrected chi connectivity index (χ3v) is 5.98. The van der Waals surface area contributed by atoms with E-state index in [1.165, 1.54) is 18.4 Å². The van der Waals surface area contributed by atoms with Crippen molar-refractivity contribution in [1.82, 2.24) is 15.5 Å².